The lowest BCUT2D eigenvalue weighted by Gasteiger charge is -2.25. The molecule has 0 saturated carbocycles. The number of rotatable bonds is 8. The Hall–Kier alpha value is -2.90. The molecule has 1 saturated heterocycles. The van der Waals surface area contributed by atoms with Crippen molar-refractivity contribution >= 4 is 23.2 Å². The maximum Gasteiger partial charge on any atom is 0.242 e. The fraction of sp³-hybridized carbons (Fsp3) is 0.364. The van der Waals surface area contributed by atoms with Crippen LogP contribution in [0.5, 0.6) is 0 Å². The summed E-state index contributed by atoms with van der Waals surface area (Å²) in [4.78, 5) is 26.5. The Morgan fingerprint density at radius 2 is 1.66 bits per heavy atom. The van der Waals surface area contributed by atoms with E-state index < -0.39 is 0 Å². The van der Waals surface area contributed by atoms with Crippen molar-refractivity contribution in [3.05, 3.63) is 60.2 Å². The predicted octanol–water partition coefficient (Wildman–Crippen LogP) is 2.07. The minimum absolute atomic E-state index is 0.0405. The van der Waals surface area contributed by atoms with Crippen LogP contribution in [-0.4, -0.2) is 55.6 Å². The Balaban J connectivity index is 1.43. The molecule has 0 radical (unpaired) electrons. The first kappa shape index (κ1) is 20.8. The van der Waals surface area contributed by atoms with E-state index in [1.165, 1.54) is 0 Å². The SMILES string of the molecule is CC(Nc1ccc(NC(=O)CN2CCOCC2)cc1)C(=O)NCc1ccccc1. The summed E-state index contributed by atoms with van der Waals surface area (Å²) in [6.07, 6.45) is 0. The number of hydrogen-bond donors (Lipinski definition) is 3. The fourth-order valence-corrected chi connectivity index (χ4v) is 3.07. The van der Waals surface area contributed by atoms with E-state index in [2.05, 4.69) is 20.9 Å². The number of anilines is 2. The Bertz CT molecular complexity index is 789. The van der Waals surface area contributed by atoms with E-state index in [0.717, 1.165) is 30.0 Å². The van der Waals surface area contributed by atoms with Crippen LogP contribution in [0.4, 0.5) is 11.4 Å². The summed E-state index contributed by atoms with van der Waals surface area (Å²) in [5.41, 5.74) is 2.61. The van der Waals surface area contributed by atoms with Crippen LogP contribution < -0.4 is 16.0 Å². The van der Waals surface area contributed by atoms with Gasteiger partial charge in [-0.15, -0.1) is 0 Å². The summed E-state index contributed by atoms with van der Waals surface area (Å²) >= 11 is 0. The zero-order chi connectivity index (χ0) is 20.5. The molecule has 1 heterocycles. The lowest BCUT2D eigenvalue weighted by molar-refractivity contribution is -0.121. The third-order valence-corrected chi connectivity index (χ3v) is 4.73. The third-order valence-electron chi connectivity index (χ3n) is 4.73. The maximum atomic E-state index is 12.3. The second-order valence-corrected chi connectivity index (χ2v) is 7.08. The van der Waals surface area contributed by atoms with Crippen molar-refractivity contribution in [2.24, 2.45) is 0 Å². The molecule has 29 heavy (non-hydrogen) atoms. The molecule has 1 aliphatic rings. The molecule has 154 valence electrons. The number of hydrogen-bond acceptors (Lipinski definition) is 5. The Morgan fingerprint density at radius 1 is 1.00 bits per heavy atom. The van der Waals surface area contributed by atoms with Gasteiger partial charge in [-0.25, -0.2) is 0 Å². The van der Waals surface area contributed by atoms with Crippen LogP contribution in [0.3, 0.4) is 0 Å². The van der Waals surface area contributed by atoms with Crippen LogP contribution in [0.25, 0.3) is 0 Å². The fourth-order valence-electron chi connectivity index (χ4n) is 3.07. The van der Waals surface area contributed by atoms with Crippen LogP contribution in [0, 0.1) is 0 Å². The molecule has 2 amide bonds. The number of nitrogens with one attached hydrogen (secondary N) is 3. The molecule has 0 aromatic heterocycles. The molecule has 1 fully saturated rings. The van der Waals surface area contributed by atoms with E-state index in [4.69, 9.17) is 4.74 Å². The monoisotopic (exact) mass is 396 g/mol. The molecular formula is C22H28N4O3. The quantitative estimate of drug-likeness (QED) is 0.636. The van der Waals surface area contributed by atoms with Crippen LogP contribution in [0.15, 0.2) is 54.6 Å². The third kappa shape index (κ3) is 6.89. The highest BCUT2D eigenvalue weighted by molar-refractivity contribution is 5.92. The van der Waals surface area contributed by atoms with Gasteiger partial charge in [0, 0.05) is 31.0 Å². The van der Waals surface area contributed by atoms with Crippen molar-refractivity contribution < 1.29 is 14.3 Å². The second kappa shape index (κ2) is 10.6. The minimum Gasteiger partial charge on any atom is -0.379 e. The largest absolute Gasteiger partial charge is 0.379 e. The summed E-state index contributed by atoms with van der Waals surface area (Å²) in [5.74, 6) is -0.113. The average molecular weight is 396 g/mol. The van der Waals surface area contributed by atoms with Gasteiger partial charge in [-0.05, 0) is 36.8 Å². The summed E-state index contributed by atoms with van der Waals surface area (Å²) in [6, 6.07) is 16.8. The summed E-state index contributed by atoms with van der Waals surface area (Å²) in [5, 5.41) is 9.00. The number of nitrogens with zero attached hydrogens (tertiary/aromatic N) is 1. The van der Waals surface area contributed by atoms with Crippen LogP contribution in [-0.2, 0) is 20.9 Å². The predicted molar refractivity (Wildman–Crippen MR) is 114 cm³/mol. The minimum atomic E-state index is -0.375. The lowest BCUT2D eigenvalue weighted by Crippen LogP contribution is -2.41. The van der Waals surface area contributed by atoms with Gasteiger partial charge < -0.3 is 20.7 Å². The van der Waals surface area contributed by atoms with Gasteiger partial charge in [0.25, 0.3) is 0 Å². The Morgan fingerprint density at radius 3 is 2.34 bits per heavy atom. The summed E-state index contributed by atoms with van der Waals surface area (Å²) in [7, 11) is 0. The van der Waals surface area contributed by atoms with Crippen LogP contribution >= 0.6 is 0 Å². The molecule has 7 nitrogen and oxygen atoms in total. The lowest BCUT2D eigenvalue weighted by atomic mass is 10.2. The van der Waals surface area contributed by atoms with Crippen molar-refractivity contribution in [2.75, 3.05) is 43.5 Å². The zero-order valence-electron chi connectivity index (χ0n) is 16.7. The standard InChI is InChI=1S/C22H28N4O3/c1-17(22(28)23-15-18-5-3-2-4-6-18)24-19-7-9-20(10-8-19)25-21(27)16-26-11-13-29-14-12-26/h2-10,17,24H,11-16H2,1H3,(H,23,28)(H,25,27). The van der Waals surface area contributed by atoms with E-state index in [1.54, 1.807) is 0 Å². The molecule has 1 unspecified atom stereocenters. The number of ether oxygens (including phenoxy) is 1. The van der Waals surface area contributed by atoms with Crippen molar-refractivity contribution in [1.82, 2.24) is 10.2 Å². The maximum absolute atomic E-state index is 12.3. The molecule has 0 bridgehead atoms. The van der Waals surface area contributed by atoms with E-state index in [-0.39, 0.29) is 17.9 Å². The molecule has 2 aromatic carbocycles. The van der Waals surface area contributed by atoms with Gasteiger partial charge in [0.1, 0.15) is 6.04 Å². The van der Waals surface area contributed by atoms with Gasteiger partial charge in [-0.1, -0.05) is 30.3 Å². The topological polar surface area (TPSA) is 82.7 Å². The van der Waals surface area contributed by atoms with Crippen LogP contribution in [0.1, 0.15) is 12.5 Å². The smallest absolute Gasteiger partial charge is 0.242 e. The molecular weight excluding hydrogens is 368 g/mol. The highest BCUT2D eigenvalue weighted by atomic mass is 16.5. The zero-order valence-corrected chi connectivity index (χ0v) is 16.7. The number of carbonyl (C=O) groups is 2. The van der Waals surface area contributed by atoms with E-state index in [1.807, 2.05) is 61.5 Å². The number of carbonyl (C=O) groups excluding carboxylic acids is 2. The molecule has 0 spiro atoms. The van der Waals surface area contributed by atoms with E-state index >= 15 is 0 Å². The van der Waals surface area contributed by atoms with Crippen molar-refractivity contribution in [3.63, 3.8) is 0 Å². The van der Waals surface area contributed by atoms with Gasteiger partial charge in [0.2, 0.25) is 11.8 Å². The molecule has 3 rings (SSSR count). The number of benzene rings is 2. The highest BCUT2D eigenvalue weighted by Gasteiger charge is 2.15. The van der Waals surface area contributed by atoms with E-state index in [0.29, 0.717) is 26.3 Å². The van der Waals surface area contributed by atoms with Gasteiger partial charge in [0.05, 0.1) is 19.8 Å². The van der Waals surface area contributed by atoms with Crippen LogP contribution in [0.2, 0.25) is 0 Å². The Kier molecular flexibility index (Phi) is 7.61. The average Bonchev–Trinajstić information content (AvgIpc) is 2.74. The molecule has 0 aliphatic carbocycles. The normalized spacial score (nSPS) is 15.3. The van der Waals surface area contributed by atoms with Gasteiger partial charge in [-0.3, -0.25) is 14.5 Å². The van der Waals surface area contributed by atoms with Crippen molar-refractivity contribution in [3.8, 4) is 0 Å². The summed E-state index contributed by atoms with van der Waals surface area (Å²) in [6.45, 7) is 5.58. The van der Waals surface area contributed by atoms with Gasteiger partial charge in [-0.2, -0.15) is 0 Å². The van der Waals surface area contributed by atoms with Gasteiger partial charge >= 0.3 is 0 Å². The van der Waals surface area contributed by atoms with Crippen molar-refractivity contribution in [1.29, 1.82) is 0 Å². The molecule has 3 N–H and O–H groups in total. The molecule has 1 atom stereocenters. The van der Waals surface area contributed by atoms with Gasteiger partial charge in [0.15, 0.2) is 0 Å². The number of morpholine rings is 1. The molecule has 1 aliphatic heterocycles. The second-order valence-electron chi connectivity index (χ2n) is 7.08. The highest BCUT2D eigenvalue weighted by Crippen LogP contribution is 2.15. The van der Waals surface area contributed by atoms with Crippen molar-refractivity contribution in [2.45, 2.75) is 19.5 Å². The Labute approximate surface area is 171 Å². The first-order valence-electron chi connectivity index (χ1n) is 9.88. The molecule has 7 heteroatoms. The summed E-state index contributed by atoms with van der Waals surface area (Å²) < 4.78 is 5.29. The number of amides is 2. The molecule has 2 aromatic rings. The van der Waals surface area contributed by atoms with E-state index in [9.17, 15) is 9.59 Å². The first-order chi connectivity index (χ1) is 14.1. The first-order valence-corrected chi connectivity index (χ1v) is 9.88.